The average Bonchev–Trinajstić information content (AvgIpc) is 2.91. The Balaban J connectivity index is 1.92. The fourth-order valence-electron chi connectivity index (χ4n) is 2.87. The summed E-state index contributed by atoms with van der Waals surface area (Å²) in [5.41, 5.74) is 0.916. The van der Waals surface area contributed by atoms with Gasteiger partial charge in [-0.15, -0.1) is 11.3 Å². The first kappa shape index (κ1) is 19.8. The third-order valence-corrected chi connectivity index (χ3v) is 6.78. The van der Waals surface area contributed by atoms with Crippen LogP contribution in [0.1, 0.15) is 66.2 Å². The molecule has 1 N–H and O–H groups in total. The summed E-state index contributed by atoms with van der Waals surface area (Å²) in [5, 5.41) is 13.2. The van der Waals surface area contributed by atoms with Gasteiger partial charge in [-0.1, -0.05) is 19.3 Å². The number of nitrogens with zero attached hydrogens (tertiary/aromatic N) is 1. The van der Waals surface area contributed by atoms with Gasteiger partial charge in [0.25, 0.3) is 0 Å². The summed E-state index contributed by atoms with van der Waals surface area (Å²) in [5.74, 6) is 0.222. The fraction of sp³-hybridized carbons (Fsp3) is 0.611. The molecule has 5 nitrogen and oxygen atoms in total. The van der Waals surface area contributed by atoms with Gasteiger partial charge in [0.05, 0.1) is 12.2 Å². The van der Waals surface area contributed by atoms with E-state index in [9.17, 15) is 14.9 Å². The Morgan fingerprint density at radius 2 is 2.08 bits per heavy atom. The fourth-order valence-corrected chi connectivity index (χ4v) is 5.24. The normalized spacial score (nSPS) is 14.8. The van der Waals surface area contributed by atoms with Crippen LogP contribution >= 0.6 is 23.1 Å². The molecule has 1 saturated carbocycles. The standard InChI is InChI=1S/C18H24N2O3S2/c1-3-23-18(22)16-12(2)14(11-19)17(25-16)20-15(21)9-10-24-13-7-5-4-6-8-13/h13H,3-10H2,1-2H3,(H,20,21). The van der Waals surface area contributed by atoms with E-state index < -0.39 is 5.97 Å². The smallest absolute Gasteiger partial charge is 0.348 e. The van der Waals surface area contributed by atoms with Crippen LogP contribution in [0.3, 0.4) is 0 Å². The monoisotopic (exact) mass is 380 g/mol. The first-order chi connectivity index (χ1) is 12.1. The number of rotatable bonds is 7. The first-order valence-corrected chi connectivity index (χ1v) is 10.5. The summed E-state index contributed by atoms with van der Waals surface area (Å²) in [6.07, 6.45) is 6.82. The van der Waals surface area contributed by atoms with Crippen molar-refractivity contribution in [2.75, 3.05) is 17.7 Å². The number of carbonyl (C=O) groups is 2. The van der Waals surface area contributed by atoms with Crippen molar-refractivity contribution in [2.45, 2.75) is 57.6 Å². The van der Waals surface area contributed by atoms with E-state index in [1.807, 2.05) is 11.8 Å². The largest absolute Gasteiger partial charge is 0.462 e. The molecule has 7 heteroatoms. The van der Waals surface area contributed by atoms with Gasteiger partial charge in [0.2, 0.25) is 5.91 Å². The number of thiophene rings is 1. The SMILES string of the molecule is CCOC(=O)c1sc(NC(=O)CCSC2CCCCC2)c(C#N)c1C. The molecule has 2 rings (SSSR count). The molecule has 0 aliphatic heterocycles. The van der Waals surface area contributed by atoms with E-state index in [1.165, 1.54) is 32.1 Å². The minimum atomic E-state index is -0.449. The van der Waals surface area contributed by atoms with Gasteiger partial charge >= 0.3 is 5.97 Å². The first-order valence-electron chi connectivity index (χ1n) is 8.68. The summed E-state index contributed by atoms with van der Waals surface area (Å²) in [6.45, 7) is 3.72. The van der Waals surface area contributed by atoms with Gasteiger partial charge in [0, 0.05) is 17.4 Å². The zero-order valence-electron chi connectivity index (χ0n) is 14.7. The predicted octanol–water partition coefficient (Wildman–Crippen LogP) is 4.50. The number of ether oxygens (including phenoxy) is 1. The van der Waals surface area contributed by atoms with Gasteiger partial charge in [0.15, 0.2) is 0 Å². The second-order valence-electron chi connectivity index (χ2n) is 6.02. The molecule has 136 valence electrons. The van der Waals surface area contributed by atoms with Crippen molar-refractivity contribution in [1.82, 2.24) is 0 Å². The summed E-state index contributed by atoms with van der Waals surface area (Å²) in [4.78, 5) is 24.5. The quantitative estimate of drug-likeness (QED) is 0.705. The molecule has 0 radical (unpaired) electrons. The van der Waals surface area contributed by atoms with Crippen LogP contribution in [0.25, 0.3) is 0 Å². The van der Waals surface area contributed by atoms with E-state index in [4.69, 9.17) is 4.74 Å². The van der Waals surface area contributed by atoms with Crippen LogP contribution in [0, 0.1) is 18.3 Å². The number of nitrogens with one attached hydrogen (secondary N) is 1. The topological polar surface area (TPSA) is 79.2 Å². The summed E-state index contributed by atoms with van der Waals surface area (Å²) in [7, 11) is 0. The highest BCUT2D eigenvalue weighted by molar-refractivity contribution is 7.99. The van der Waals surface area contributed by atoms with Gasteiger partial charge in [-0.3, -0.25) is 4.79 Å². The number of carbonyl (C=O) groups excluding carboxylic acids is 2. The molecule has 1 fully saturated rings. The highest BCUT2D eigenvalue weighted by atomic mass is 32.2. The summed E-state index contributed by atoms with van der Waals surface area (Å²) >= 11 is 2.98. The van der Waals surface area contributed by atoms with Crippen molar-refractivity contribution in [3.63, 3.8) is 0 Å². The average molecular weight is 381 g/mol. The lowest BCUT2D eigenvalue weighted by Crippen LogP contribution is -2.14. The number of nitriles is 1. The van der Waals surface area contributed by atoms with Gasteiger partial charge in [-0.05, 0) is 32.3 Å². The number of esters is 1. The van der Waals surface area contributed by atoms with Gasteiger partial charge < -0.3 is 10.1 Å². The highest BCUT2D eigenvalue weighted by Gasteiger charge is 2.22. The van der Waals surface area contributed by atoms with Crippen LogP contribution in [0.2, 0.25) is 0 Å². The molecule has 1 aliphatic rings. The van der Waals surface area contributed by atoms with E-state index in [1.54, 1.807) is 13.8 Å². The molecule has 0 atom stereocenters. The van der Waals surface area contributed by atoms with Crippen molar-refractivity contribution in [1.29, 1.82) is 5.26 Å². The lowest BCUT2D eigenvalue weighted by Gasteiger charge is -2.20. The minimum absolute atomic E-state index is 0.114. The van der Waals surface area contributed by atoms with Crippen molar-refractivity contribution >= 4 is 40.0 Å². The molecule has 0 bridgehead atoms. The zero-order chi connectivity index (χ0) is 18.2. The molecular weight excluding hydrogens is 356 g/mol. The maximum Gasteiger partial charge on any atom is 0.348 e. The third-order valence-electron chi connectivity index (χ3n) is 4.21. The Bertz CT molecular complexity index is 658. The van der Waals surface area contributed by atoms with Crippen molar-refractivity contribution in [2.24, 2.45) is 0 Å². The second kappa shape index (κ2) is 9.83. The molecule has 0 saturated heterocycles. The van der Waals surface area contributed by atoms with E-state index >= 15 is 0 Å². The van der Waals surface area contributed by atoms with Crippen LogP contribution < -0.4 is 5.32 Å². The van der Waals surface area contributed by atoms with E-state index in [-0.39, 0.29) is 12.5 Å². The highest BCUT2D eigenvalue weighted by Crippen LogP contribution is 2.33. The molecule has 1 amide bonds. The Morgan fingerprint density at radius 1 is 1.36 bits per heavy atom. The number of hydrogen-bond donors (Lipinski definition) is 1. The Morgan fingerprint density at radius 3 is 2.72 bits per heavy atom. The van der Waals surface area contributed by atoms with Gasteiger partial charge in [0.1, 0.15) is 15.9 Å². The molecule has 1 heterocycles. The van der Waals surface area contributed by atoms with Crippen molar-refractivity contribution in [3.8, 4) is 6.07 Å². The van der Waals surface area contributed by atoms with Crippen LogP contribution in [0.5, 0.6) is 0 Å². The summed E-state index contributed by atoms with van der Waals surface area (Å²) in [6, 6.07) is 2.08. The molecule has 1 aliphatic carbocycles. The molecular formula is C18H24N2O3S2. The maximum atomic E-state index is 12.2. The van der Waals surface area contributed by atoms with Crippen molar-refractivity contribution < 1.29 is 14.3 Å². The Kier molecular flexibility index (Phi) is 7.79. The Hall–Kier alpha value is -1.52. The van der Waals surface area contributed by atoms with E-state index in [0.717, 1.165) is 17.1 Å². The lowest BCUT2D eigenvalue weighted by atomic mass is 10.0. The third kappa shape index (κ3) is 5.48. The molecule has 1 aromatic heterocycles. The van der Waals surface area contributed by atoms with Crippen LogP contribution in [-0.2, 0) is 9.53 Å². The number of thioether (sulfide) groups is 1. The molecule has 0 aromatic carbocycles. The zero-order valence-corrected chi connectivity index (χ0v) is 16.4. The molecule has 25 heavy (non-hydrogen) atoms. The summed E-state index contributed by atoms with van der Waals surface area (Å²) < 4.78 is 5.00. The maximum absolute atomic E-state index is 12.2. The number of hydrogen-bond acceptors (Lipinski definition) is 6. The van der Waals surface area contributed by atoms with Gasteiger partial charge in [-0.25, -0.2) is 4.79 Å². The van der Waals surface area contributed by atoms with Crippen LogP contribution in [-0.4, -0.2) is 29.5 Å². The second-order valence-corrected chi connectivity index (χ2v) is 8.45. The molecule has 1 aromatic rings. The number of anilines is 1. The minimum Gasteiger partial charge on any atom is -0.462 e. The van der Waals surface area contributed by atoms with Gasteiger partial charge in [-0.2, -0.15) is 17.0 Å². The van der Waals surface area contributed by atoms with Crippen molar-refractivity contribution in [3.05, 3.63) is 16.0 Å². The molecule has 0 unspecified atom stereocenters. The predicted molar refractivity (Wildman–Crippen MR) is 102 cm³/mol. The lowest BCUT2D eigenvalue weighted by molar-refractivity contribution is -0.115. The Labute approximate surface area is 157 Å². The van der Waals surface area contributed by atoms with Crippen LogP contribution in [0.15, 0.2) is 0 Å². The van der Waals surface area contributed by atoms with Crippen LogP contribution in [0.4, 0.5) is 5.00 Å². The van der Waals surface area contributed by atoms with E-state index in [2.05, 4.69) is 11.4 Å². The van der Waals surface area contributed by atoms with E-state index in [0.29, 0.717) is 32.7 Å². The number of amides is 1. The molecule has 0 spiro atoms.